The van der Waals surface area contributed by atoms with Crippen molar-refractivity contribution in [1.29, 1.82) is 0 Å². The second kappa shape index (κ2) is 11.9. The maximum Gasteiger partial charge on any atom is 0.244 e. The minimum Gasteiger partial charge on any atom is -0.354 e. The van der Waals surface area contributed by atoms with Gasteiger partial charge in [-0.05, 0) is 37.1 Å². The molecule has 0 aromatic heterocycles. The van der Waals surface area contributed by atoms with Crippen LogP contribution in [-0.2, 0) is 26.2 Å². The van der Waals surface area contributed by atoms with E-state index in [4.69, 9.17) is 23.2 Å². The molecule has 34 heavy (non-hydrogen) atoms. The number of anilines is 1. The summed E-state index contributed by atoms with van der Waals surface area (Å²) in [6.45, 7) is 4.89. The summed E-state index contributed by atoms with van der Waals surface area (Å²) in [6, 6.07) is 9.04. The first-order chi connectivity index (χ1) is 15.8. The molecule has 0 aliphatic heterocycles. The fraction of sp³-hybridized carbons (Fsp3) is 0.391. The van der Waals surface area contributed by atoms with E-state index >= 15 is 0 Å². The van der Waals surface area contributed by atoms with E-state index < -0.39 is 40.2 Å². The van der Waals surface area contributed by atoms with E-state index in [0.29, 0.717) is 6.54 Å². The van der Waals surface area contributed by atoms with Gasteiger partial charge in [0.15, 0.2) is 0 Å². The Morgan fingerprint density at radius 1 is 1.06 bits per heavy atom. The minimum atomic E-state index is -3.93. The van der Waals surface area contributed by atoms with E-state index in [1.165, 1.54) is 43.3 Å². The first-order valence-electron chi connectivity index (χ1n) is 10.5. The summed E-state index contributed by atoms with van der Waals surface area (Å²) in [5.41, 5.74) is 0.284. The molecule has 2 rings (SSSR count). The van der Waals surface area contributed by atoms with Crippen molar-refractivity contribution in [2.45, 2.75) is 33.4 Å². The van der Waals surface area contributed by atoms with Gasteiger partial charge in [0.2, 0.25) is 21.8 Å². The predicted octanol–water partition coefficient (Wildman–Crippen LogP) is 4.09. The van der Waals surface area contributed by atoms with Crippen LogP contribution in [0.3, 0.4) is 0 Å². The van der Waals surface area contributed by atoms with Crippen LogP contribution in [0.1, 0.15) is 26.3 Å². The fourth-order valence-corrected chi connectivity index (χ4v) is 4.49. The van der Waals surface area contributed by atoms with Gasteiger partial charge in [0, 0.05) is 28.7 Å². The van der Waals surface area contributed by atoms with Crippen molar-refractivity contribution in [3.05, 3.63) is 63.9 Å². The Bertz CT molecular complexity index is 1120. The molecule has 1 atom stereocenters. The van der Waals surface area contributed by atoms with Gasteiger partial charge in [0.05, 0.1) is 11.9 Å². The maximum absolute atomic E-state index is 14.4. The van der Waals surface area contributed by atoms with Gasteiger partial charge in [-0.1, -0.05) is 55.2 Å². The van der Waals surface area contributed by atoms with Gasteiger partial charge in [-0.25, -0.2) is 12.8 Å². The Morgan fingerprint density at radius 2 is 1.65 bits per heavy atom. The highest BCUT2D eigenvalue weighted by atomic mass is 35.5. The third kappa shape index (κ3) is 7.85. The predicted molar refractivity (Wildman–Crippen MR) is 133 cm³/mol. The number of carbonyl (C=O) groups is 2. The molecule has 7 nitrogen and oxygen atoms in total. The normalized spacial score (nSPS) is 12.4. The molecule has 0 aliphatic carbocycles. The molecular formula is C23H28Cl2FN3O4S. The largest absolute Gasteiger partial charge is 0.354 e. The molecule has 186 valence electrons. The number of amides is 2. The first-order valence-corrected chi connectivity index (χ1v) is 13.1. The smallest absolute Gasteiger partial charge is 0.244 e. The maximum atomic E-state index is 14.4. The first kappa shape index (κ1) is 27.9. The summed E-state index contributed by atoms with van der Waals surface area (Å²) >= 11 is 12.0. The van der Waals surface area contributed by atoms with E-state index in [1.807, 2.05) is 13.8 Å². The monoisotopic (exact) mass is 531 g/mol. The molecule has 0 saturated heterocycles. The molecule has 2 aromatic carbocycles. The van der Waals surface area contributed by atoms with E-state index in [1.54, 1.807) is 6.07 Å². The number of nitrogens with one attached hydrogen (secondary N) is 1. The number of nitrogens with zero attached hydrogens (tertiary/aromatic N) is 2. The third-order valence-corrected chi connectivity index (χ3v) is 6.54. The molecular weight excluding hydrogens is 504 g/mol. The molecule has 1 unspecified atom stereocenters. The van der Waals surface area contributed by atoms with Crippen LogP contribution in [0.5, 0.6) is 0 Å². The SMILES string of the molecule is CC(C)CNC(=O)C(C)N(Cc1ccccc1F)C(=O)CN(c1cc(Cl)cc(Cl)c1)S(C)(=O)=O. The lowest BCUT2D eigenvalue weighted by Gasteiger charge is -2.31. The van der Waals surface area contributed by atoms with Gasteiger partial charge in [-0.3, -0.25) is 13.9 Å². The molecule has 0 radical (unpaired) electrons. The van der Waals surface area contributed by atoms with E-state index in [9.17, 15) is 22.4 Å². The zero-order valence-corrected chi connectivity index (χ0v) is 21.7. The van der Waals surface area contributed by atoms with Crippen LogP contribution >= 0.6 is 23.2 Å². The zero-order valence-electron chi connectivity index (χ0n) is 19.4. The number of rotatable bonds is 10. The fourth-order valence-electron chi connectivity index (χ4n) is 3.14. The van der Waals surface area contributed by atoms with E-state index in [0.717, 1.165) is 15.5 Å². The number of sulfonamides is 1. The highest BCUT2D eigenvalue weighted by Crippen LogP contribution is 2.27. The van der Waals surface area contributed by atoms with E-state index in [2.05, 4.69) is 5.32 Å². The van der Waals surface area contributed by atoms with Gasteiger partial charge in [0.1, 0.15) is 18.4 Å². The average molecular weight is 532 g/mol. The molecule has 0 aliphatic rings. The highest BCUT2D eigenvalue weighted by Gasteiger charge is 2.30. The van der Waals surface area contributed by atoms with Gasteiger partial charge < -0.3 is 10.2 Å². The summed E-state index contributed by atoms with van der Waals surface area (Å²) in [7, 11) is -3.93. The molecule has 11 heteroatoms. The van der Waals surface area contributed by atoms with Crippen molar-refractivity contribution >= 4 is 50.7 Å². The number of benzene rings is 2. The summed E-state index contributed by atoms with van der Waals surface area (Å²) < 4.78 is 40.3. The van der Waals surface area contributed by atoms with Crippen molar-refractivity contribution in [2.75, 3.05) is 23.7 Å². The van der Waals surface area contributed by atoms with Gasteiger partial charge >= 0.3 is 0 Å². The average Bonchev–Trinajstić information content (AvgIpc) is 2.73. The standard InChI is InChI=1S/C23H28Cl2FN3O4S/c1-15(2)12-27-23(31)16(3)28(13-17-7-5-6-8-21(17)26)22(30)14-29(34(4,32)33)20-10-18(24)9-19(25)11-20/h5-11,15-16H,12-14H2,1-4H3,(H,27,31). The molecule has 0 spiro atoms. The number of halogens is 3. The van der Waals surface area contributed by atoms with Crippen LogP contribution in [-0.4, -0.2) is 50.5 Å². The highest BCUT2D eigenvalue weighted by molar-refractivity contribution is 7.92. The van der Waals surface area contributed by atoms with Crippen molar-refractivity contribution < 1.29 is 22.4 Å². The third-order valence-electron chi connectivity index (χ3n) is 4.96. The minimum absolute atomic E-state index is 0.0936. The lowest BCUT2D eigenvalue weighted by atomic mass is 10.1. The molecule has 2 aromatic rings. The molecule has 0 heterocycles. The van der Waals surface area contributed by atoms with Crippen molar-refractivity contribution in [1.82, 2.24) is 10.2 Å². The Hall–Kier alpha value is -2.36. The van der Waals surface area contributed by atoms with Crippen LogP contribution in [0.4, 0.5) is 10.1 Å². The number of carbonyl (C=O) groups excluding carboxylic acids is 2. The quantitative estimate of drug-likeness (QED) is 0.500. The van der Waals surface area contributed by atoms with Crippen LogP contribution in [0, 0.1) is 11.7 Å². The number of hydrogen-bond donors (Lipinski definition) is 1. The zero-order chi connectivity index (χ0) is 25.6. The Kier molecular flexibility index (Phi) is 9.73. The second-order valence-corrected chi connectivity index (χ2v) is 11.1. The van der Waals surface area contributed by atoms with Gasteiger partial charge in [-0.15, -0.1) is 0 Å². The summed E-state index contributed by atoms with van der Waals surface area (Å²) in [5, 5.41) is 3.13. The van der Waals surface area contributed by atoms with E-state index in [-0.39, 0.29) is 33.8 Å². The summed E-state index contributed by atoms with van der Waals surface area (Å²) in [4.78, 5) is 27.3. The Balaban J connectivity index is 2.41. The van der Waals surface area contributed by atoms with Crippen molar-refractivity contribution in [3.63, 3.8) is 0 Å². The Labute approximate surface area is 209 Å². The van der Waals surface area contributed by atoms with Crippen LogP contribution in [0.2, 0.25) is 10.0 Å². The molecule has 0 bridgehead atoms. The summed E-state index contributed by atoms with van der Waals surface area (Å²) in [5.74, 6) is -1.50. The summed E-state index contributed by atoms with van der Waals surface area (Å²) in [6.07, 6.45) is 0.940. The molecule has 0 fully saturated rings. The topological polar surface area (TPSA) is 86.8 Å². The molecule has 2 amide bonds. The molecule has 1 N–H and O–H groups in total. The Morgan fingerprint density at radius 3 is 2.18 bits per heavy atom. The second-order valence-electron chi connectivity index (χ2n) is 8.33. The molecule has 0 saturated carbocycles. The van der Waals surface area contributed by atoms with Crippen LogP contribution in [0.15, 0.2) is 42.5 Å². The van der Waals surface area contributed by atoms with Gasteiger partial charge in [-0.2, -0.15) is 0 Å². The number of hydrogen-bond acceptors (Lipinski definition) is 4. The lowest BCUT2D eigenvalue weighted by Crippen LogP contribution is -2.51. The van der Waals surface area contributed by atoms with Crippen LogP contribution < -0.4 is 9.62 Å². The van der Waals surface area contributed by atoms with Crippen molar-refractivity contribution in [2.24, 2.45) is 5.92 Å². The van der Waals surface area contributed by atoms with Crippen LogP contribution in [0.25, 0.3) is 0 Å². The lowest BCUT2D eigenvalue weighted by molar-refractivity contribution is -0.139. The van der Waals surface area contributed by atoms with Crippen molar-refractivity contribution in [3.8, 4) is 0 Å². The van der Waals surface area contributed by atoms with Gasteiger partial charge in [0.25, 0.3) is 0 Å².